The van der Waals surface area contributed by atoms with Gasteiger partial charge in [-0.1, -0.05) is 18.2 Å². The first-order chi connectivity index (χ1) is 9.35. The van der Waals surface area contributed by atoms with E-state index in [9.17, 15) is 0 Å². The number of aromatic nitrogens is 1. The quantitative estimate of drug-likeness (QED) is 0.865. The first kappa shape index (κ1) is 13.4. The summed E-state index contributed by atoms with van der Waals surface area (Å²) in [6.45, 7) is 3.26. The van der Waals surface area contributed by atoms with Gasteiger partial charge in [-0.25, -0.2) is 4.98 Å². The van der Waals surface area contributed by atoms with Gasteiger partial charge in [0, 0.05) is 18.3 Å². The maximum Gasteiger partial charge on any atom is 0.262 e. The van der Waals surface area contributed by atoms with Crippen molar-refractivity contribution in [3.8, 4) is 17.4 Å². The average Bonchev–Trinajstić information content (AvgIpc) is 2.44. The number of hydrogen-bond acceptors (Lipinski definition) is 4. The van der Waals surface area contributed by atoms with Crippen molar-refractivity contribution in [3.63, 3.8) is 0 Å². The predicted molar refractivity (Wildman–Crippen MR) is 74.7 cm³/mol. The molecule has 4 nitrogen and oxygen atoms in total. The van der Waals surface area contributed by atoms with E-state index in [2.05, 4.69) is 10.3 Å². The highest BCUT2D eigenvalue weighted by Gasteiger charge is 2.09. The Hall–Kier alpha value is -2.07. The highest BCUT2D eigenvalue weighted by atomic mass is 16.5. The molecule has 19 heavy (non-hydrogen) atoms. The molecule has 4 heteroatoms. The fourth-order valence-corrected chi connectivity index (χ4v) is 1.76. The zero-order chi connectivity index (χ0) is 13.5. The molecule has 1 heterocycles. The van der Waals surface area contributed by atoms with E-state index in [4.69, 9.17) is 9.47 Å². The van der Waals surface area contributed by atoms with Crippen molar-refractivity contribution < 1.29 is 9.47 Å². The van der Waals surface area contributed by atoms with Crippen LogP contribution in [0, 0.1) is 0 Å². The molecular weight excluding hydrogens is 240 g/mol. The van der Waals surface area contributed by atoms with Crippen LogP contribution in [0.15, 0.2) is 42.6 Å². The van der Waals surface area contributed by atoms with Gasteiger partial charge < -0.3 is 14.8 Å². The molecule has 1 N–H and O–H groups in total. The minimum atomic E-state index is 0.493. The van der Waals surface area contributed by atoms with E-state index in [-0.39, 0.29) is 0 Å². The first-order valence-corrected chi connectivity index (χ1v) is 6.33. The molecule has 0 saturated heterocycles. The van der Waals surface area contributed by atoms with Crippen LogP contribution in [0.3, 0.4) is 0 Å². The van der Waals surface area contributed by atoms with Crippen LogP contribution in [-0.4, -0.2) is 18.6 Å². The fourth-order valence-electron chi connectivity index (χ4n) is 1.76. The normalized spacial score (nSPS) is 10.2. The molecule has 0 atom stereocenters. The molecule has 0 bridgehead atoms. The fraction of sp³-hybridized carbons (Fsp3) is 0.267. The Morgan fingerprint density at radius 2 is 1.89 bits per heavy atom. The van der Waals surface area contributed by atoms with Crippen LogP contribution in [0.2, 0.25) is 0 Å². The second-order valence-corrected chi connectivity index (χ2v) is 3.98. The molecule has 0 fully saturated rings. The lowest BCUT2D eigenvalue weighted by Crippen LogP contribution is -2.06. The Labute approximate surface area is 113 Å². The van der Waals surface area contributed by atoms with E-state index in [0.29, 0.717) is 18.2 Å². The maximum absolute atomic E-state index is 5.87. The summed E-state index contributed by atoms with van der Waals surface area (Å²) in [5, 5.41) is 3.12. The highest BCUT2D eigenvalue weighted by Crippen LogP contribution is 2.30. The van der Waals surface area contributed by atoms with Gasteiger partial charge in [-0.3, -0.25) is 0 Å². The maximum atomic E-state index is 5.87. The second-order valence-electron chi connectivity index (χ2n) is 3.98. The molecule has 0 unspecified atom stereocenters. The van der Waals surface area contributed by atoms with Gasteiger partial charge >= 0.3 is 0 Å². The van der Waals surface area contributed by atoms with Crippen LogP contribution >= 0.6 is 0 Å². The molecule has 0 aliphatic heterocycles. The lowest BCUT2D eigenvalue weighted by molar-refractivity contribution is 0.315. The van der Waals surface area contributed by atoms with Crippen LogP contribution in [0.4, 0.5) is 0 Å². The van der Waals surface area contributed by atoms with E-state index in [0.717, 1.165) is 17.9 Å². The van der Waals surface area contributed by atoms with Gasteiger partial charge in [0.05, 0.1) is 6.61 Å². The van der Waals surface area contributed by atoms with E-state index in [1.165, 1.54) is 0 Å². The summed E-state index contributed by atoms with van der Waals surface area (Å²) in [5.41, 5.74) is 1.08. The topological polar surface area (TPSA) is 43.4 Å². The van der Waals surface area contributed by atoms with Gasteiger partial charge in [0.2, 0.25) is 0 Å². The SMILES string of the molecule is CCOc1cccnc1Oc1ccccc1CNC. The third-order valence-electron chi connectivity index (χ3n) is 2.58. The van der Waals surface area contributed by atoms with Crippen molar-refractivity contribution in [2.45, 2.75) is 13.5 Å². The van der Waals surface area contributed by atoms with Crippen molar-refractivity contribution in [2.24, 2.45) is 0 Å². The Morgan fingerprint density at radius 3 is 2.68 bits per heavy atom. The van der Waals surface area contributed by atoms with E-state index in [1.807, 2.05) is 50.4 Å². The number of nitrogens with one attached hydrogen (secondary N) is 1. The molecule has 1 aromatic heterocycles. The zero-order valence-corrected chi connectivity index (χ0v) is 11.2. The van der Waals surface area contributed by atoms with Gasteiger partial charge in [-0.2, -0.15) is 0 Å². The van der Waals surface area contributed by atoms with Crippen molar-refractivity contribution in [1.82, 2.24) is 10.3 Å². The summed E-state index contributed by atoms with van der Waals surface area (Å²) in [4.78, 5) is 4.23. The summed E-state index contributed by atoms with van der Waals surface area (Å²) in [7, 11) is 1.91. The average molecular weight is 258 g/mol. The molecule has 2 rings (SSSR count). The predicted octanol–water partition coefficient (Wildman–Crippen LogP) is 2.99. The Kier molecular flexibility index (Phi) is 4.75. The third kappa shape index (κ3) is 3.45. The number of pyridine rings is 1. The third-order valence-corrected chi connectivity index (χ3v) is 2.58. The Balaban J connectivity index is 2.25. The number of para-hydroxylation sites is 1. The molecule has 0 aliphatic rings. The molecule has 0 aliphatic carbocycles. The Bertz CT molecular complexity index is 482. The van der Waals surface area contributed by atoms with Crippen LogP contribution < -0.4 is 14.8 Å². The van der Waals surface area contributed by atoms with Crippen molar-refractivity contribution in [1.29, 1.82) is 0 Å². The highest BCUT2D eigenvalue weighted by molar-refractivity contribution is 5.40. The molecule has 2 aromatic rings. The summed E-state index contributed by atoms with van der Waals surface area (Å²) >= 11 is 0. The van der Waals surface area contributed by atoms with Gasteiger partial charge in [-0.05, 0) is 32.2 Å². The number of ether oxygens (including phenoxy) is 2. The van der Waals surface area contributed by atoms with Crippen LogP contribution in [0.1, 0.15) is 12.5 Å². The van der Waals surface area contributed by atoms with Crippen LogP contribution in [0.5, 0.6) is 17.4 Å². The molecule has 100 valence electrons. The standard InChI is InChI=1S/C15H18N2O2/c1-3-18-14-9-6-10-17-15(14)19-13-8-5-4-7-12(13)11-16-2/h4-10,16H,3,11H2,1-2H3. The smallest absolute Gasteiger partial charge is 0.262 e. The lowest BCUT2D eigenvalue weighted by atomic mass is 10.2. The molecular formula is C15H18N2O2. The second kappa shape index (κ2) is 6.75. The summed E-state index contributed by atoms with van der Waals surface area (Å²) in [5.74, 6) is 1.94. The van der Waals surface area contributed by atoms with Gasteiger partial charge in [-0.15, -0.1) is 0 Å². The molecule has 1 aromatic carbocycles. The molecule has 0 spiro atoms. The van der Waals surface area contributed by atoms with Gasteiger partial charge in [0.1, 0.15) is 5.75 Å². The molecule has 0 amide bonds. The van der Waals surface area contributed by atoms with Crippen molar-refractivity contribution >= 4 is 0 Å². The Morgan fingerprint density at radius 1 is 1.11 bits per heavy atom. The van der Waals surface area contributed by atoms with Crippen LogP contribution in [-0.2, 0) is 6.54 Å². The van der Waals surface area contributed by atoms with Crippen LogP contribution in [0.25, 0.3) is 0 Å². The number of rotatable bonds is 6. The van der Waals surface area contributed by atoms with E-state index in [1.54, 1.807) is 6.20 Å². The summed E-state index contributed by atoms with van der Waals surface area (Å²) in [6.07, 6.45) is 1.69. The van der Waals surface area contributed by atoms with Gasteiger partial charge in [0.15, 0.2) is 5.75 Å². The minimum absolute atomic E-state index is 0.493. The first-order valence-electron chi connectivity index (χ1n) is 6.33. The summed E-state index contributed by atoms with van der Waals surface area (Å²) < 4.78 is 11.4. The summed E-state index contributed by atoms with van der Waals surface area (Å²) in [6, 6.07) is 11.6. The molecule has 0 radical (unpaired) electrons. The molecule has 0 saturated carbocycles. The number of benzene rings is 1. The zero-order valence-electron chi connectivity index (χ0n) is 11.2. The largest absolute Gasteiger partial charge is 0.488 e. The van der Waals surface area contributed by atoms with E-state index < -0.39 is 0 Å². The number of hydrogen-bond donors (Lipinski definition) is 1. The van der Waals surface area contributed by atoms with Crippen molar-refractivity contribution in [2.75, 3.05) is 13.7 Å². The van der Waals surface area contributed by atoms with Crippen molar-refractivity contribution in [3.05, 3.63) is 48.2 Å². The number of nitrogens with zero attached hydrogens (tertiary/aromatic N) is 1. The lowest BCUT2D eigenvalue weighted by Gasteiger charge is -2.12. The monoisotopic (exact) mass is 258 g/mol. The van der Waals surface area contributed by atoms with Gasteiger partial charge in [0.25, 0.3) is 5.88 Å². The van der Waals surface area contributed by atoms with E-state index >= 15 is 0 Å². The minimum Gasteiger partial charge on any atom is -0.488 e.